The lowest BCUT2D eigenvalue weighted by Crippen LogP contribution is -2.55. The third-order valence-corrected chi connectivity index (χ3v) is 14.3. The van der Waals surface area contributed by atoms with Crippen LogP contribution in [0.5, 0.6) is 11.5 Å². The average Bonchev–Trinajstić information content (AvgIpc) is 3.82. The normalized spacial score (nSPS) is 13.9. The van der Waals surface area contributed by atoms with Crippen LogP contribution in [0.25, 0.3) is 41.1 Å². The SMILES string of the molecule is [B]C(C)(CC(C)(C)OC(=O)C=C)OC(C(C)(C)CC(C)(C)Oc1ccc2cc(-c3ccccc3CC)sc2c1)C(C)(C)CC(C)(C)Oc1ccc2cc(-c3ccccc3CC)sc2c1. The van der Waals surface area contributed by atoms with Crippen molar-refractivity contribution in [1.29, 1.82) is 0 Å². The van der Waals surface area contributed by atoms with Crippen molar-refractivity contribution in [2.24, 2.45) is 10.8 Å². The van der Waals surface area contributed by atoms with E-state index in [4.69, 9.17) is 26.8 Å². The number of carbonyl (C=O) groups is 1. The van der Waals surface area contributed by atoms with Crippen LogP contribution in [0.15, 0.2) is 110 Å². The lowest BCUT2D eigenvalue weighted by atomic mass is 9.63. The molecule has 0 bridgehead atoms. The van der Waals surface area contributed by atoms with Gasteiger partial charge in [0, 0.05) is 37.2 Å². The van der Waals surface area contributed by atoms with Crippen molar-refractivity contribution in [3.05, 3.63) is 121 Å². The Morgan fingerprint density at radius 2 is 1.03 bits per heavy atom. The van der Waals surface area contributed by atoms with Crippen LogP contribution < -0.4 is 9.47 Å². The van der Waals surface area contributed by atoms with Gasteiger partial charge in [-0.25, -0.2) is 4.79 Å². The van der Waals surface area contributed by atoms with Crippen LogP contribution >= 0.6 is 22.7 Å². The number of hydrogen-bond acceptors (Lipinski definition) is 7. The van der Waals surface area contributed by atoms with Crippen LogP contribution in [0.2, 0.25) is 0 Å². The summed E-state index contributed by atoms with van der Waals surface area (Å²) in [5.41, 5.74) is 1.07. The van der Waals surface area contributed by atoms with Gasteiger partial charge in [-0.15, -0.1) is 22.7 Å². The molecular formula is C56H69BO5S2. The Hall–Kier alpha value is -4.37. The van der Waals surface area contributed by atoms with E-state index in [1.807, 2.05) is 20.8 Å². The smallest absolute Gasteiger partial charge is 0.330 e. The summed E-state index contributed by atoms with van der Waals surface area (Å²) in [5.74, 6) is 1.16. The average molecular weight is 897 g/mol. The predicted molar refractivity (Wildman–Crippen MR) is 274 cm³/mol. The zero-order chi connectivity index (χ0) is 46.9. The Kier molecular flexibility index (Phi) is 14.5. The Morgan fingerprint density at radius 1 is 0.609 bits per heavy atom. The molecule has 4 aromatic carbocycles. The maximum absolute atomic E-state index is 12.3. The Morgan fingerprint density at radius 3 is 1.44 bits per heavy atom. The summed E-state index contributed by atoms with van der Waals surface area (Å²) >= 11 is 3.61. The lowest BCUT2D eigenvalue weighted by Gasteiger charge is -2.52. The lowest BCUT2D eigenvalue weighted by molar-refractivity contribution is -0.183. The highest BCUT2D eigenvalue weighted by molar-refractivity contribution is 7.22. The molecule has 0 aliphatic heterocycles. The minimum atomic E-state index is -1.17. The van der Waals surface area contributed by atoms with Crippen molar-refractivity contribution < 1.29 is 23.7 Å². The number of carbonyl (C=O) groups excluding carboxylic acids is 1. The molecule has 64 heavy (non-hydrogen) atoms. The van der Waals surface area contributed by atoms with Gasteiger partial charge in [0.1, 0.15) is 36.1 Å². The van der Waals surface area contributed by atoms with Gasteiger partial charge in [-0.3, -0.25) is 0 Å². The number of benzene rings is 4. The molecule has 0 saturated heterocycles. The molecule has 6 rings (SSSR count). The summed E-state index contributed by atoms with van der Waals surface area (Å²) in [5, 5.41) is 2.41. The summed E-state index contributed by atoms with van der Waals surface area (Å²) in [7, 11) is 7.12. The summed E-state index contributed by atoms with van der Waals surface area (Å²) < 4.78 is 29.2. The molecule has 2 aromatic heterocycles. The highest BCUT2D eigenvalue weighted by Crippen LogP contribution is 2.49. The molecule has 6 aromatic rings. The molecule has 5 nitrogen and oxygen atoms in total. The van der Waals surface area contributed by atoms with Gasteiger partial charge < -0.3 is 18.9 Å². The van der Waals surface area contributed by atoms with E-state index in [-0.39, 0.29) is 6.42 Å². The van der Waals surface area contributed by atoms with Gasteiger partial charge >= 0.3 is 5.97 Å². The number of hydrogen-bond donors (Lipinski definition) is 0. The fraction of sp³-hybridized carbons (Fsp3) is 0.446. The standard InChI is InChI=1S/C56H69BO5S2/c1-15-37-22-18-20-24-43(37)47-30-39-26-28-41(32-45(39)63-47)59-53(8,9)34-51(4,5)50(62-56(14,57)36-55(12,13)61-49(58)17-3)52(6,7)35-54(10,11)60-42-29-27-40-31-48(64-46(40)33-42)44-25-21-19-23-38(44)16-2/h17-33,50H,3,15-16,34-36H2,1-2,4-14H3. The van der Waals surface area contributed by atoms with Gasteiger partial charge in [0.15, 0.2) is 0 Å². The van der Waals surface area contributed by atoms with Crippen LogP contribution in [0.1, 0.15) is 120 Å². The largest absolute Gasteiger partial charge is 0.488 e. The topological polar surface area (TPSA) is 54.0 Å². The van der Waals surface area contributed by atoms with Crippen molar-refractivity contribution in [2.75, 3.05) is 0 Å². The van der Waals surface area contributed by atoms with Crippen molar-refractivity contribution in [3.63, 3.8) is 0 Å². The minimum absolute atomic E-state index is 0.263. The molecule has 2 radical (unpaired) electrons. The molecule has 0 amide bonds. The van der Waals surface area contributed by atoms with Crippen LogP contribution in [0.3, 0.4) is 0 Å². The van der Waals surface area contributed by atoms with E-state index in [1.165, 1.54) is 58.3 Å². The first-order chi connectivity index (χ1) is 29.8. The highest BCUT2D eigenvalue weighted by Gasteiger charge is 2.50. The zero-order valence-electron chi connectivity index (χ0n) is 40.6. The van der Waals surface area contributed by atoms with Crippen LogP contribution in [-0.4, -0.2) is 42.2 Å². The van der Waals surface area contributed by atoms with E-state index in [2.05, 4.69) is 173 Å². The third kappa shape index (κ3) is 12.1. The maximum Gasteiger partial charge on any atom is 0.330 e. The van der Waals surface area contributed by atoms with Crippen molar-refractivity contribution in [2.45, 2.75) is 151 Å². The second-order valence-corrected chi connectivity index (χ2v) is 23.2. The second kappa shape index (κ2) is 18.9. The molecular weight excluding hydrogens is 828 g/mol. The summed E-state index contributed by atoms with van der Waals surface area (Å²) in [6.07, 6.45) is 4.32. The minimum Gasteiger partial charge on any atom is -0.488 e. The van der Waals surface area contributed by atoms with E-state index < -0.39 is 45.2 Å². The molecule has 0 saturated carbocycles. The van der Waals surface area contributed by atoms with Crippen LogP contribution in [0.4, 0.5) is 0 Å². The highest BCUT2D eigenvalue weighted by atomic mass is 32.1. The van der Waals surface area contributed by atoms with E-state index in [1.54, 1.807) is 22.7 Å². The number of rotatable bonds is 20. The van der Waals surface area contributed by atoms with Gasteiger partial charge in [-0.2, -0.15) is 0 Å². The molecule has 0 fully saturated rings. The molecule has 8 heteroatoms. The second-order valence-electron chi connectivity index (χ2n) is 21.1. The predicted octanol–water partition coefficient (Wildman–Crippen LogP) is 15.6. The fourth-order valence-corrected chi connectivity index (χ4v) is 12.8. The van der Waals surface area contributed by atoms with Crippen molar-refractivity contribution >= 4 is 56.7 Å². The molecule has 0 spiro atoms. The van der Waals surface area contributed by atoms with Gasteiger partial charge in [-0.05, 0) is 167 Å². The summed E-state index contributed by atoms with van der Waals surface area (Å²) in [6, 6.07) is 34.7. The summed E-state index contributed by atoms with van der Waals surface area (Å²) in [4.78, 5) is 14.9. The number of esters is 1. The van der Waals surface area contributed by atoms with E-state index in [0.29, 0.717) is 12.8 Å². The summed E-state index contributed by atoms with van der Waals surface area (Å²) in [6.45, 7) is 31.2. The number of ether oxygens (including phenoxy) is 4. The zero-order valence-corrected chi connectivity index (χ0v) is 42.2. The molecule has 2 heterocycles. The maximum atomic E-state index is 12.3. The van der Waals surface area contributed by atoms with Gasteiger partial charge in [0.2, 0.25) is 0 Å². The van der Waals surface area contributed by atoms with E-state index in [0.717, 1.165) is 24.3 Å². The molecule has 0 aliphatic carbocycles. The van der Waals surface area contributed by atoms with E-state index in [9.17, 15) is 4.79 Å². The Balaban J connectivity index is 1.26. The van der Waals surface area contributed by atoms with E-state index >= 15 is 0 Å². The first-order valence-corrected chi connectivity index (χ1v) is 24.4. The molecule has 1 atom stereocenters. The third-order valence-electron chi connectivity index (χ3n) is 12.0. The quantitative estimate of drug-likeness (QED) is 0.0434. The molecule has 338 valence electrons. The molecule has 1 unspecified atom stereocenters. The monoisotopic (exact) mass is 896 g/mol. The number of fused-ring (bicyclic) bond motifs is 2. The van der Waals surface area contributed by atoms with Crippen LogP contribution in [0, 0.1) is 10.8 Å². The number of aryl methyl sites for hydroxylation is 2. The Bertz CT molecular complexity index is 2430. The first kappa shape index (κ1) is 49.1. The van der Waals surface area contributed by atoms with Gasteiger partial charge in [0.05, 0.1) is 6.10 Å². The van der Waals surface area contributed by atoms with Gasteiger partial charge in [0.25, 0.3) is 0 Å². The van der Waals surface area contributed by atoms with Crippen LogP contribution in [-0.2, 0) is 27.1 Å². The van der Waals surface area contributed by atoms with Crippen molar-refractivity contribution in [3.8, 4) is 32.4 Å². The number of thiophene rings is 2. The first-order valence-electron chi connectivity index (χ1n) is 22.8. The Labute approximate surface area is 393 Å². The molecule has 0 N–H and O–H groups in total. The van der Waals surface area contributed by atoms with Crippen molar-refractivity contribution in [1.82, 2.24) is 0 Å². The fourth-order valence-electron chi connectivity index (χ4n) is 10.5. The van der Waals surface area contributed by atoms with Gasteiger partial charge in [-0.1, -0.05) is 96.7 Å². The molecule has 0 aliphatic rings.